The summed E-state index contributed by atoms with van der Waals surface area (Å²) in [4.78, 5) is 3.82. The summed E-state index contributed by atoms with van der Waals surface area (Å²) in [6.45, 7) is 2.64. The highest BCUT2D eigenvalue weighted by molar-refractivity contribution is 7.10. The van der Waals surface area contributed by atoms with Gasteiger partial charge in [-0.2, -0.15) is 0 Å². The minimum atomic E-state index is -0.467. The number of hydrogen-bond donors (Lipinski definition) is 1. The number of methoxy groups -OCH3 is 1. The molecule has 1 aromatic carbocycles. The van der Waals surface area contributed by atoms with Crippen molar-refractivity contribution >= 4 is 11.3 Å². The number of nitrogens with zero attached hydrogens (tertiary/aromatic N) is 1. The van der Waals surface area contributed by atoms with Crippen LogP contribution >= 0.6 is 11.3 Å². The van der Waals surface area contributed by atoms with Crippen LogP contribution in [0.1, 0.15) is 22.1 Å². The van der Waals surface area contributed by atoms with Crippen molar-refractivity contribution in [1.82, 2.24) is 4.90 Å². The summed E-state index contributed by atoms with van der Waals surface area (Å²) < 4.78 is 5.21. The van der Waals surface area contributed by atoms with Crippen LogP contribution in [0.5, 0.6) is 5.75 Å². The lowest BCUT2D eigenvalue weighted by atomic mass is 10.1. The van der Waals surface area contributed by atoms with E-state index in [2.05, 4.69) is 16.3 Å². The lowest BCUT2D eigenvalue weighted by Crippen LogP contribution is -2.33. The van der Waals surface area contributed by atoms with Crippen LogP contribution < -0.4 is 4.74 Å². The van der Waals surface area contributed by atoms with Crippen LogP contribution in [-0.4, -0.2) is 30.2 Å². The van der Waals surface area contributed by atoms with Gasteiger partial charge in [0.2, 0.25) is 0 Å². The van der Waals surface area contributed by atoms with Crippen molar-refractivity contribution in [2.75, 3.05) is 20.2 Å². The molecule has 0 radical (unpaired) electrons. The molecule has 0 aliphatic carbocycles. The molecule has 0 fully saturated rings. The third kappa shape index (κ3) is 2.87. The van der Waals surface area contributed by atoms with Crippen LogP contribution in [0.25, 0.3) is 0 Å². The van der Waals surface area contributed by atoms with E-state index in [0.717, 1.165) is 30.8 Å². The third-order valence-electron chi connectivity index (χ3n) is 3.80. The molecule has 3 nitrogen and oxygen atoms in total. The molecule has 0 saturated carbocycles. The van der Waals surface area contributed by atoms with Gasteiger partial charge in [0.1, 0.15) is 5.75 Å². The zero-order valence-corrected chi connectivity index (χ0v) is 12.4. The molecule has 20 heavy (non-hydrogen) atoms. The van der Waals surface area contributed by atoms with Gasteiger partial charge in [-0.05, 0) is 41.1 Å². The fourth-order valence-electron chi connectivity index (χ4n) is 2.66. The van der Waals surface area contributed by atoms with Gasteiger partial charge in [-0.3, -0.25) is 4.90 Å². The van der Waals surface area contributed by atoms with Crippen LogP contribution in [-0.2, 0) is 13.0 Å². The first kappa shape index (κ1) is 13.6. The number of fused-ring (bicyclic) bond motifs is 1. The van der Waals surface area contributed by atoms with Crippen LogP contribution in [0.4, 0.5) is 0 Å². The number of thiophene rings is 1. The fourth-order valence-corrected chi connectivity index (χ4v) is 3.55. The van der Waals surface area contributed by atoms with Crippen molar-refractivity contribution in [1.29, 1.82) is 0 Å². The number of aliphatic hydroxyl groups is 1. The molecule has 1 N–H and O–H groups in total. The van der Waals surface area contributed by atoms with Crippen molar-refractivity contribution in [3.05, 3.63) is 51.7 Å². The van der Waals surface area contributed by atoms with E-state index in [1.807, 2.05) is 35.6 Å². The Hall–Kier alpha value is -1.36. The van der Waals surface area contributed by atoms with E-state index in [1.165, 1.54) is 10.4 Å². The predicted octanol–water partition coefficient (Wildman–Crippen LogP) is 2.85. The highest BCUT2D eigenvalue weighted by Gasteiger charge is 2.20. The first-order valence-corrected chi connectivity index (χ1v) is 7.74. The molecule has 1 atom stereocenters. The highest BCUT2D eigenvalue weighted by Crippen LogP contribution is 2.26. The fraction of sp³-hybridized carbons (Fsp3) is 0.375. The summed E-state index contributed by atoms with van der Waals surface area (Å²) in [7, 11) is 1.65. The minimum Gasteiger partial charge on any atom is -0.497 e. The molecule has 1 unspecified atom stereocenters. The highest BCUT2D eigenvalue weighted by atomic mass is 32.1. The monoisotopic (exact) mass is 289 g/mol. The molecule has 3 rings (SSSR count). The molecular formula is C16H19NO2S. The Morgan fingerprint density at radius 2 is 2.30 bits per heavy atom. The Balaban J connectivity index is 1.66. The van der Waals surface area contributed by atoms with Gasteiger partial charge >= 0.3 is 0 Å². The Morgan fingerprint density at radius 3 is 3.15 bits per heavy atom. The summed E-state index contributed by atoms with van der Waals surface area (Å²) in [5.74, 6) is 0.792. The lowest BCUT2D eigenvalue weighted by molar-refractivity contribution is 0.106. The summed E-state index contributed by atoms with van der Waals surface area (Å²) >= 11 is 1.84. The number of β-amino-alcohol motifs (C(OH)–C–C–N with tert-alkyl or cyclic N) is 1. The second-order valence-corrected chi connectivity index (χ2v) is 6.15. The van der Waals surface area contributed by atoms with Gasteiger partial charge in [-0.25, -0.2) is 0 Å². The Kier molecular flexibility index (Phi) is 4.05. The summed E-state index contributed by atoms with van der Waals surface area (Å²) in [6.07, 6.45) is 0.628. The zero-order valence-electron chi connectivity index (χ0n) is 11.6. The van der Waals surface area contributed by atoms with E-state index < -0.39 is 6.10 Å². The summed E-state index contributed by atoms with van der Waals surface area (Å²) in [6, 6.07) is 9.88. The van der Waals surface area contributed by atoms with E-state index in [9.17, 15) is 5.11 Å². The van der Waals surface area contributed by atoms with Crippen LogP contribution in [0.15, 0.2) is 35.7 Å². The molecule has 4 heteroatoms. The standard InChI is InChI=1S/C16H19NO2S/c1-19-14-4-2-3-12(9-14)15(18)11-17-7-5-16-13(10-17)6-8-20-16/h2-4,6,8-9,15,18H,5,7,10-11H2,1H3. The number of ether oxygens (including phenoxy) is 1. The maximum absolute atomic E-state index is 10.4. The molecule has 1 aliphatic rings. The summed E-state index contributed by atoms with van der Waals surface area (Å²) in [5.41, 5.74) is 2.33. The van der Waals surface area contributed by atoms with Gasteiger partial charge in [0.05, 0.1) is 13.2 Å². The molecule has 0 saturated heterocycles. The smallest absolute Gasteiger partial charge is 0.119 e. The van der Waals surface area contributed by atoms with Crippen LogP contribution in [0.2, 0.25) is 0 Å². The first-order valence-electron chi connectivity index (χ1n) is 6.86. The molecule has 106 valence electrons. The minimum absolute atomic E-state index is 0.467. The summed E-state index contributed by atoms with van der Waals surface area (Å²) in [5, 5.41) is 12.6. The predicted molar refractivity (Wildman–Crippen MR) is 81.3 cm³/mol. The number of aliphatic hydroxyl groups excluding tert-OH is 1. The van der Waals surface area contributed by atoms with Gasteiger partial charge in [-0.1, -0.05) is 12.1 Å². The molecule has 0 bridgehead atoms. The van der Waals surface area contributed by atoms with E-state index in [0.29, 0.717) is 6.54 Å². The van der Waals surface area contributed by atoms with Crippen molar-refractivity contribution in [3.8, 4) is 5.75 Å². The molecule has 2 heterocycles. The number of benzene rings is 1. The molecular weight excluding hydrogens is 270 g/mol. The van der Waals surface area contributed by atoms with E-state index in [4.69, 9.17) is 4.74 Å². The average Bonchev–Trinajstić information content (AvgIpc) is 2.95. The molecule has 1 aliphatic heterocycles. The van der Waals surface area contributed by atoms with E-state index in [-0.39, 0.29) is 0 Å². The Labute approximate surface area is 123 Å². The average molecular weight is 289 g/mol. The van der Waals surface area contributed by atoms with Gasteiger partial charge < -0.3 is 9.84 Å². The lowest BCUT2D eigenvalue weighted by Gasteiger charge is -2.28. The Bertz CT molecular complexity index is 581. The quantitative estimate of drug-likeness (QED) is 0.939. The van der Waals surface area contributed by atoms with Crippen LogP contribution in [0, 0.1) is 0 Å². The molecule has 0 amide bonds. The van der Waals surface area contributed by atoms with Gasteiger partial charge in [0, 0.05) is 24.5 Å². The van der Waals surface area contributed by atoms with Gasteiger partial charge in [-0.15, -0.1) is 11.3 Å². The van der Waals surface area contributed by atoms with Crippen molar-refractivity contribution in [3.63, 3.8) is 0 Å². The number of hydrogen-bond acceptors (Lipinski definition) is 4. The van der Waals surface area contributed by atoms with Crippen LogP contribution in [0.3, 0.4) is 0 Å². The SMILES string of the molecule is COc1cccc(C(O)CN2CCc3sccc3C2)c1. The topological polar surface area (TPSA) is 32.7 Å². The van der Waals surface area contributed by atoms with E-state index >= 15 is 0 Å². The maximum Gasteiger partial charge on any atom is 0.119 e. The largest absolute Gasteiger partial charge is 0.497 e. The normalized spacial score (nSPS) is 16.7. The second kappa shape index (κ2) is 5.95. The molecule has 2 aromatic rings. The van der Waals surface area contributed by atoms with E-state index in [1.54, 1.807) is 7.11 Å². The van der Waals surface area contributed by atoms with Crippen molar-refractivity contribution in [2.45, 2.75) is 19.1 Å². The maximum atomic E-state index is 10.4. The van der Waals surface area contributed by atoms with Crippen molar-refractivity contribution < 1.29 is 9.84 Å². The number of rotatable bonds is 4. The zero-order chi connectivity index (χ0) is 13.9. The van der Waals surface area contributed by atoms with Crippen molar-refractivity contribution in [2.24, 2.45) is 0 Å². The molecule has 1 aromatic heterocycles. The van der Waals surface area contributed by atoms with Gasteiger partial charge in [0.25, 0.3) is 0 Å². The first-order chi connectivity index (χ1) is 9.76. The third-order valence-corrected chi connectivity index (χ3v) is 4.82. The van der Waals surface area contributed by atoms with Gasteiger partial charge in [0.15, 0.2) is 0 Å². The Morgan fingerprint density at radius 1 is 1.40 bits per heavy atom. The second-order valence-electron chi connectivity index (χ2n) is 5.15. The molecule has 0 spiro atoms.